The first-order valence-electron chi connectivity index (χ1n) is 3.62. The third kappa shape index (κ3) is 1.01. The van der Waals surface area contributed by atoms with Gasteiger partial charge < -0.3 is 10.2 Å². The summed E-state index contributed by atoms with van der Waals surface area (Å²) < 4.78 is 6.42. The Bertz CT molecular complexity index is 433. The highest BCUT2D eigenvalue weighted by Crippen LogP contribution is 2.29. The Hall–Kier alpha value is -0.960. The van der Waals surface area contributed by atoms with E-state index in [9.17, 15) is 0 Å². The Morgan fingerprint density at radius 1 is 1.42 bits per heavy atom. The summed E-state index contributed by atoms with van der Waals surface area (Å²) in [6.45, 7) is 1.86. The number of hydrogen-bond donors (Lipinski definition) is 1. The van der Waals surface area contributed by atoms with Crippen LogP contribution in [0.15, 0.2) is 27.1 Å². The van der Waals surface area contributed by atoms with Gasteiger partial charge in [-0.2, -0.15) is 0 Å². The van der Waals surface area contributed by atoms with Crippen LogP contribution in [-0.4, -0.2) is 0 Å². The molecule has 0 amide bonds. The van der Waals surface area contributed by atoms with Crippen molar-refractivity contribution in [2.75, 3.05) is 5.73 Å². The van der Waals surface area contributed by atoms with Crippen LogP contribution in [0, 0.1) is 6.92 Å². The van der Waals surface area contributed by atoms with Crippen LogP contribution in [0.25, 0.3) is 11.0 Å². The second kappa shape index (κ2) is 2.52. The molecule has 0 radical (unpaired) electrons. The first kappa shape index (κ1) is 7.68. The summed E-state index contributed by atoms with van der Waals surface area (Å²) in [6, 6.07) is 5.80. The minimum atomic E-state index is 0.728. The van der Waals surface area contributed by atoms with E-state index in [1.54, 1.807) is 0 Å². The molecule has 1 aromatic heterocycles. The van der Waals surface area contributed by atoms with E-state index < -0.39 is 0 Å². The predicted octanol–water partition coefficient (Wildman–Crippen LogP) is 3.09. The number of benzene rings is 1. The summed E-state index contributed by atoms with van der Waals surface area (Å²) in [7, 11) is 0. The van der Waals surface area contributed by atoms with E-state index in [1.165, 1.54) is 0 Å². The molecule has 3 heteroatoms. The van der Waals surface area contributed by atoms with Crippen molar-refractivity contribution in [1.29, 1.82) is 0 Å². The maximum Gasteiger partial charge on any atom is 0.136 e. The van der Waals surface area contributed by atoms with E-state index in [0.29, 0.717) is 0 Å². The Morgan fingerprint density at radius 2 is 2.17 bits per heavy atom. The second-order valence-corrected chi connectivity index (χ2v) is 3.63. The van der Waals surface area contributed by atoms with Gasteiger partial charge in [0.2, 0.25) is 0 Å². The average Bonchev–Trinajstić information content (AvgIpc) is 2.31. The fourth-order valence-corrected chi connectivity index (χ4v) is 1.57. The molecule has 0 saturated carbocycles. The van der Waals surface area contributed by atoms with Crippen molar-refractivity contribution in [3.63, 3.8) is 0 Å². The van der Waals surface area contributed by atoms with E-state index in [-0.39, 0.29) is 0 Å². The number of halogens is 1. The molecular weight excluding hydrogens is 218 g/mol. The summed E-state index contributed by atoms with van der Waals surface area (Å²) >= 11 is 3.38. The van der Waals surface area contributed by atoms with Crippen molar-refractivity contribution in [3.05, 3.63) is 28.4 Å². The van der Waals surface area contributed by atoms with Gasteiger partial charge in [0.15, 0.2) is 0 Å². The van der Waals surface area contributed by atoms with E-state index in [4.69, 9.17) is 10.2 Å². The summed E-state index contributed by atoms with van der Waals surface area (Å²) in [5.41, 5.74) is 7.36. The first-order chi connectivity index (χ1) is 5.68. The standard InChI is InChI=1S/C9H8BrNO/c1-5-9(11)7-4-6(10)2-3-8(7)12-5/h2-4H,11H2,1H3. The zero-order chi connectivity index (χ0) is 8.72. The molecule has 0 unspecified atom stereocenters. The Balaban J connectivity index is 2.88. The number of anilines is 1. The molecule has 0 aliphatic carbocycles. The number of nitrogens with two attached hydrogens (primary N) is 1. The highest BCUT2D eigenvalue weighted by atomic mass is 79.9. The third-order valence-electron chi connectivity index (χ3n) is 1.87. The van der Waals surface area contributed by atoms with Crippen molar-refractivity contribution in [2.45, 2.75) is 6.92 Å². The number of aryl methyl sites for hydroxylation is 1. The molecule has 2 nitrogen and oxygen atoms in total. The normalized spacial score (nSPS) is 10.8. The molecule has 0 saturated heterocycles. The minimum absolute atomic E-state index is 0.728. The van der Waals surface area contributed by atoms with E-state index in [2.05, 4.69) is 15.9 Å². The van der Waals surface area contributed by atoms with Crippen molar-refractivity contribution in [1.82, 2.24) is 0 Å². The van der Waals surface area contributed by atoms with Crippen molar-refractivity contribution < 1.29 is 4.42 Å². The molecule has 62 valence electrons. The topological polar surface area (TPSA) is 39.2 Å². The van der Waals surface area contributed by atoms with Gasteiger partial charge in [-0.15, -0.1) is 0 Å². The van der Waals surface area contributed by atoms with Crippen molar-refractivity contribution in [2.24, 2.45) is 0 Å². The van der Waals surface area contributed by atoms with Gasteiger partial charge in [-0.05, 0) is 25.1 Å². The van der Waals surface area contributed by atoms with Crippen molar-refractivity contribution in [3.8, 4) is 0 Å². The Kier molecular flexibility index (Phi) is 1.61. The van der Waals surface area contributed by atoms with Crippen LogP contribution in [0.4, 0.5) is 5.69 Å². The van der Waals surface area contributed by atoms with Crippen LogP contribution in [0.5, 0.6) is 0 Å². The smallest absolute Gasteiger partial charge is 0.136 e. The third-order valence-corrected chi connectivity index (χ3v) is 2.37. The Morgan fingerprint density at radius 3 is 2.92 bits per heavy atom. The van der Waals surface area contributed by atoms with Gasteiger partial charge in [0, 0.05) is 9.86 Å². The summed E-state index contributed by atoms with van der Waals surface area (Å²) in [4.78, 5) is 0. The van der Waals surface area contributed by atoms with Gasteiger partial charge in [-0.3, -0.25) is 0 Å². The maximum atomic E-state index is 5.79. The highest BCUT2D eigenvalue weighted by Gasteiger charge is 2.06. The number of rotatable bonds is 0. The summed E-state index contributed by atoms with van der Waals surface area (Å²) in [6.07, 6.45) is 0. The lowest BCUT2D eigenvalue weighted by atomic mass is 10.2. The van der Waals surface area contributed by atoms with E-state index in [0.717, 1.165) is 26.9 Å². The van der Waals surface area contributed by atoms with Crippen molar-refractivity contribution >= 4 is 32.6 Å². The first-order valence-corrected chi connectivity index (χ1v) is 4.42. The molecule has 0 bridgehead atoms. The van der Waals surface area contributed by atoms with Gasteiger partial charge in [-0.1, -0.05) is 15.9 Å². The summed E-state index contributed by atoms with van der Waals surface area (Å²) in [5.74, 6) is 0.781. The van der Waals surface area contributed by atoms with Crippen LogP contribution >= 0.6 is 15.9 Å². The largest absolute Gasteiger partial charge is 0.459 e. The fourth-order valence-electron chi connectivity index (χ4n) is 1.21. The van der Waals surface area contributed by atoms with Crippen LogP contribution in [0.1, 0.15) is 5.76 Å². The molecule has 2 aromatic rings. The molecule has 12 heavy (non-hydrogen) atoms. The van der Waals surface area contributed by atoms with Gasteiger partial charge in [0.25, 0.3) is 0 Å². The molecule has 1 aromatic carbocycles. The van der Waals surface area contributed by atoms with Gasteiger partial charge in [0.05, 0.1) is 5.69 Å². The number of nitrogen functional groups attached to an aromatic ring is 1. The lowest BCUT2D eigenvalue weighted by molar-refractivity contribution is 0.580. The number of fused-ring (bicyclic) bond motifs is 1. The molecule has 2 N–H and O–H groups in total. The molecule has 1 heterocycles. The SMILES string of the molecule is Cc1oc2ccc(Br)cc2c1N. The van der Waals surface area contributed by atoms with E-state index in [1.807, 2.05) is 25.1 Å². The highest BCUT2D eigenvalue weighted by molar-refractivity contribution is 9.10. The Labute approximate surface area is 78.5 Å². The summed E-state index contributed by atoms with van der Waals surface area (Å²) in [5, 5.41) is 0.974. The lowest BCUT2D eigenvalue weighted by Crippen LogP contribution is -1.83. The average molecular weight is 226 g/mol. The quantitative estimate of drug-likeness (QED) is 0.749. The number of hydrogen-bond acceptors (Lipinski definition) is 2. The van der Waals surface area contributed by atoms with Gasteiger partial charge in [0.1, 0.15) is 11.3 Å². The fraction of sp³-hybridized carbons (Fsp3) is 0.111. The minimum Gasteiger partial charge on any atom is -0.459 e. The zero-order valence-corrected chi connectivity index (χ0v) is 8.18. The lowest BCUT2D eigenvalue weighted by Gasteiger charge is -1.90. The molecule has 2 rings (SSSR count). The number of furan rings is 1. The monoisotopic (exact) mass is 225 g/mol. The van der Waals surface area contributed by atoms with Crippen LogP contribution in [-0.2, 0) is 0 Å². The van der Waals surface area contributed by atoms with Crippen LogP contribution in [0.3, 0.4) is 0 Å². The van der Waals surface area contributed by atoms with Crippen LogP contribution in [0.2, 0.25) is 0 Å². The van der Waals surface area contributed by atoms with Gasteiger partial charge in [-0.25, -0.2) is 0 Å². The van der Waals surface area contributed by atoms with Crippen LogP contribution < -0.4 is 5.73 Å². The molecule has 0 fully saturated rings. The second-order valence-electron chi connectivity index (χ2n) is 2.71. The van der Waals surface area contributed by atoms with Gasteiger partial charge >= 0.3 is 0 Å². The van der Waals surface area contributed by atoms with E-state index >= 15 is 0 Å². The molecule has 0 aliphatic heterocycles. The maximum absolute atomic E-state index is 5.79. The molecule has 0 atom stereocenters. The molecular formula is C9H8BrNO. The zero-order valence-electron chi connectivity index (χ0n) is 6.60. The molecule has 0 aliphatic rings. The predicted molar refractivity (Wildman–Crippen MR) is 53.1 cm³/mol. The molecule has 0 spiro atoms.